The second-order valence-electron chi connectivity index (χ2n) is 7.11. The number of carbonyl (C=O) groups is 2. The number of rotatable bonds is 9. The van der Waals surface area contributed by atoms with Crippen LogP contribution >= 0.6 is 11.8 Å². The molecule has 0 saturated heterocycles. The van der Waals surface area contributed by atoms with E-state index < -0.39 is 5.25 Å². The summed E-state index contributed by atoms with van der Waals surface area (Å²) in [6.45, 7) is 6.43. The number of thioether (sulfide) groups is 1. The summed E-state index contributed by atoms with van der Waals surface area (Å²) in [6, 6.07) is 15.6. The number of hydrogen-bond acceptors (Lipinski definition) is 5. The molecule has 2 aromatic carbocycles. The second kappa shape index (κ2) is 10.5. The number of benzene rings is 2. The Hall–Kier alpha value is -2.51. The van der Waals surface area contributed by atoms with Gasteiger partial charge in [-0.05, 0) is 42.9 Å². The molecule has 2 amide bonds. The molecule has 0 aliphatic carbocycles. The number of amides is 2. The largest absolute Gasteiger partial charge is 0.497 e. The van der Waals surface area contributed by atoms with E-state index >= 15 is 0 Å². The highest BCUT2D eigenvalue weighted by molar-refractivity contribution is 8.01. The first kappa shape index (κ1) is 22.2. The van der Waals surface area contributed by atoms with Gasteiger partial charge >= 0.3 is 0 Å². The van der Waals surface area contributed by atoms with Crippen molar-refractivity contribution in [1.29, 1.82) is 0 Å². The number of likely N-dealkylation sites (N-methyl/N-ethyl adjacent to an activating group) is 1. The highest BCUT2D eigenvalue weighted by atomic mass is 32.2. The Morgan fingerprint density at radius 3 is 2.70 bits per heavy atom. The van der Waals surface area contributed by atoms with Crippen molar-refractivity contribution < 1.29 is 14.3 Å². The van der Waals surface area contributed by atoms with E-state index in [1.807, 2.05) is 42.5 Å². The normalized spacial score (nSPS) is 16.5. The van der Waals surface area contributed by atoms with Gasteiger partial charge in [0.25, 0.3) is 0 Å². The maximum Gasteiger partial charge on any atom is 0.238 e. The Labute approximate surface area is 182 Å². The number of hydrogen-bond donors (Lipinski definition) is 2. The van der Waals surface area contributed by atoms with E-state index in [4.69, 9.17) is 4.74 Å². The lowest BCUT2D eigenvalue weighted by Gasteiger charge is -2.31. The Morgan fingerprint density at radius 1 is 1.20 bits per heavy atom. The molecule has 7 heteroatoms. The average Bonchev–Trinajstić information content (AvgIpc) is 2.77. The molecule has 6 nitrogen and oxygen atoms in total. The number of nitrogens with one attached hydrogen (secondary N) is 2. The van der Waals surface area contributed by atoms with E-state index in [9.17, 15) is 9.59 Å². The second-order valence-corrected chi connectivity index (χ2v) is 8.36. The predicted molar refractivity (Wildman–Crippen MR) is 121 cm³/mol. The Bertz CT molecular complexity index is 886. The van der Waals surface area contributed by atoms with Gasteiger partial charge in [0.1, 0.15) is 5.75 Å². The van der Waals surface area contributed by atoms with E-state index in [1.165, 1.54) is 11.8 Å². The summed E-state index contributed by atoms with van der Waals surface area (Å²) < 4.78 is 5.37. The summed E-state index contributed by atoms with van der Waals surface area (Å²) in [4.78, 5) is 28.4. The SMILES string of the molecule is CCN(CC)[C@H](CNC(=O)C[C@H]1Sc2ccccc2NC1=O)c1cccc(OC)c1. The third-order valence-electron chi connectivity index (χ3n) is 5.30. The zero-order chi connectivity index (χ0) is 21.5. The van der Waals surface area contributed by atoms with Crippen molar-refractivity contribution in [2.45, 2.75) is 36.5 Å². The van der Waals surface area contributed by atoms with Gasteiger partial charge in [0, 0.05) is 17.9 Å². The fourth-order valence-electron chi connectivity index (χ4n) is 3.65. The molecule has 160 valence electrons. The standard InChI is InChI=1S/C23H29N3O3S/c1-4-26(5-2)19(16-9-8-10-17(13-16)29-3)15-24-22(27)14-21-23(28)25-18-11-6-7-12-20(18)30-21/h6-13,19,21H,4-5,14-15H2,1-3H3,(H,24,27)(H,25,28)/t19-,21-/m1/s1. The van der Waals surface area contributed by atoms with Crippen molar-refractivity contribution in [3.63, 3.8) is 0 Å². The van der Waals surface area contributed by atoms with Crippen LogP contribution in [0.3, 0.4) is 0 Å². The van der Waals surface area contributed by atoms with Crippen LogP contribution in [0.15, 0.2) is 53.4 Å². The van der Waals surface area contributed by atoms with Gasteiger partial charge in [-0.2, -0.15) is 0 Å². The first-order valence-corrected chi connectivity index (χ1v) is 11.1. The van der Waals surface area contributed by atoms with Crippen molar-refractivity contribution >= 4 is 29.3 Å². The first-order valence-electron chi connectivity index (χ1n) is 10.3. The summed E-state index contributed by atoms with van der Waals surface area (Å²) in [5.74, 6) is 0.550. The zero-order valence-corrected chi connectivity index (χ0v) is 18.5. The lowest BCUT2D eigenvalue weighted by atomic mass is 10.0. The van der Waals surface area contributed by atoms with Crippen LogP contribution in [0.2, 0.25) is 0 Å². The van der Waals surface area contributed by atoms with Gasteiger partial charge < -0.3 is 15.4 Å². The van der Waals surface area contributed by atoms with Crippen molar-refractivity contribution in [3.05, 3.63) is 54.1 Å². The molecule has 0 radical (unpaired) electrons. The maximum atomic E-state index is 12.7. The van der Waals surface area contributed by atoms with E-state index in [0.29, 0.717) is 6.54 Å². The van der Waals surface area contributed by atoms with E-state index in [0.717, 1.165) is 35.0 Å². The topological polar surface area (TPSA) is 70.7 Å². The van der Waals surface area contributed by atoms with Gasteiger partial charge in [-0.15, -0.1) is 11.8 Å². The fraction of sp³-hybridized carbons (Fsp3) is 0.391. The molecule has 0 spiro atoms. The summed E-state index contributed by atoms with van der Waals surface area (Å²) in [6.07, 6.45) is 0.147. The Balaban J connectivity index is 1.65. The third kappa shape index (κ3) is 5.34. The molecule has 0 fully saturated rings. The number of ether oxygens (including phenoxy) is 1. The zero-order valence-electron chi connectivity index (χ0n) is 17.7. The summed E-state index contributed by atoms with van der Waals surface area (Å²) >= 11 is 1.44. The quantitative estimate of drug-likeness (QED) is 0.639. The molecule has 0 aromatic heterocycles. The Morgan fingerprint density at radius 2 is 1.97 bits per heavy atom. The average molecular weight is 428 g/mol. The smallest absolute Gasteiger partial charge is 0.238 e. The van der Waals surface area contributed by atoms with Crippen molar-refractivity contribution in [3.8, 4) is 5.75 Å². The van der Waals surface area contributed by atoms with Crippen LogP contribution in [0.1, 0.15) is 31.9 Å². The molecule has 0 saturated carbocycles. The number of methoxy groups -OCH3 is 1. The molecule has 1 aliphatic rings. The predicted octanol–water partition coefficient (Wildman–Crippen LogP) is 3.70. The lowest BCUT2D eigenvalue weighted by molar-refractivity contribution is -0.124. The van der Waals surface area contributed by atoms with E-state index in [2.05, 4.69) is 35.4 Å². The molecule has 3 rings (SSSR count). The van der Waals surface area contributed by atoms with Crippen LogP contribution in [0.4, 0.5) is 5.69 Å². The van der Waals surface area contributed by atoms with Gasteiger partial charge in [-0.25, -0.2) is 0 Å². The molecular formula is C23H29N3O3S. The van der Waals surface area contributed by atoms with E-state index in [1.54, 1.807) is 7.11 Å². The monoisotopic (exact) mass is 427 g/mol. The molecule has 0 bridgehead atoms. The van der Waals surface area contributed by atoms with Crippen molar-refractivity contribution in [2.24, 2.45) is 0 Å². The molecular weight excluding hydrogens is 398 g/mol. The number of fused-ring (bicyclic) bond motifs is 1. The van der Waals surface area contributed by atoms with Gasteiger partial charge in [-0.1, -0.05) is 38.1 Å². The van der Waals surface area contributed by atoms with Crippen LogP contribution in [-0.2, 0) is 9.59 Å². The molecule has 0 unspecified atom stereocenters. The molecule has 2 atom stereocenters. The number of anilines is 1. The lowest BCUT2D eigenvalue weighted by Crippen LogP contribution is -2.40. The number of nitrogens with zero attached hydrogens (tertiary/aromatic N) is 1. The van der Waals surface area contributed by atoms with Crippen LogP contribution in [0.25, 0.3) is 0 Å². The molecule has 30 heavy (non-hydrogen) atoms. The molecule has 1 aliphatic heterocycles. The summed E-state index contributed by atoms with van der Waals surface area (Å²) in [5, 5.41) is 5.51. The summed E-state index contributed by atoms with van der Waals surface area (Å²) in [5.41, 5.74) is 1.90. The van der Waals surface area contributed by atoms with Crippen LogP contribution < -0.4 is 15.4 Å². The van der Waals surface area contributed by atoms with E-state index in [-0.39, 0.29) is 24.3 Å². The number of carbonyl (C=O) groups excluding carboxylic acids is 2. The first-order chi connectivity index (χ1) is 14.5. The molecule has 1 heterocycles. The van der Waals surface area contributed by atoms with Gasteiger partial charge in [-0.3, -0.25) is 14.5 Å². The van der Waals surface area contributed by atoms with Crippen molar-refractivity contribution in [1.82, 2.24) is 10.2 Å². The molecule has 2 N–H and O–H groups in total. The highest BCUT2D eigenvalue weighted by Crippen LogP contribution is 2.36. The van der Waals surface area contributed by atoms with Crippen LogP contribution in [0.5, 0.6) is 5.75 Å². The van der Waals surface area contributed by atoms with Crippen LogP contribution in [-0.4, -0.2) is 48.7 Å². The minimum Gasteiger partial charge on any atom is -0.497 e. The fourth-order valence-corrected chi connectivity index (χ4v) is 4.76. The highest BCUT2D eigenvalue weighted by Gasteiger charge is 2.29. The van der Waals surface area contributed by atoms with Crippen LogP contribution in [0, 0.1) is 0 Å². The maximum absolute atomic E-state index is 12.7. The summed E-state index contributed by atoms with van der Waals surface area (Å²) in [7, 11) is 1.65. The van der Waals surface area contributed by atoms with Gasteiger partial charge in [0.05, 0.1) is 24.1 Å². The Kier molecular flexibility index (Phi) is 7.76. The third-order valence-corrected chi connectivity index (χ3v) is 6.58. The minimum absolute atomic E-state index is 0.0348. The van der Waals surface area contributed by atoms with Crippen molar-refractivity contribution in [2.75, 3.05) is 32.1 Å². The molecule has 2 aromatic rings. The van der Waals surface area contributed by atoms with Gasteiger partial charge in [0.15, 0.2) is 0 Å². The number of para-hydroxylation sites is 1. The van der Waals surface area contributed by atoms with Gasteiger partial charge in [0.2, 0.25) is 11.8 Å². The minimum atomic E-state index is -0.427.